The number of carbonyl (C=O) groups is 1. The van der Waals surface area contributed by atoms with Crippen LogP contribution in [0.2, 0.25) is 0 Å². The molecule has 6 heteroatoms. The number of carboxylic acids is 1. The van der Waals surface area contributed by atoms with Gasteiger partial charge in [0, 0.05) is 11.8 Å². The molecule has 0 aliphatic heterocycles. The Balaban J connectivity index is 2.07. The first-order valence-electron chi connectivity index (χ1n) is 6.00. The van der Waals surface area contributed by atoms with Gasteiger partial charge >= 0.3 is 5.97 Å². The summed E-state index contributed by atoms with van der Waals surface area (Å²) in [4.78, 5) is 15.1. The van der Waals surface area contributed by atoms with E-state index in [2.05, 4.69) is 23.5 Å². The first-order valence-corrected chi connectivity index (χ1v) is 7.29. The van der Waals surface area contributed by atoms with E-state index in [1.807, 2.05) is 11.8 Å². The van der Waals surface area contributed by atoms with Crippen LogP contribution in [0.25, 0.3) is 11.1 Å². The Bertz CT molecular complexity index is 582. The van der Waals surface area contributed by atoms with Gasteiger partial charge in [-0.15, -0.1) is 0 Å². The third-order valence-corrected chi connectivity index (χ3v) is 3.91. The summed E-state index contributed by atoms with van der Waals surface area (Å²) >= 11 is 1.81. The van der Waals surface area contributed by atoms with Gasteiger partial charge in [-0.2, -0.15) is 16.7 Å². The van der Waals surface area contributed by atoms with E-state index in [0.717, 1.165) is 13.0 Å². The minimum Gasteiger partial charge on any atom is -0.478 e. The molecule has 1 aromatic carbocycles. The molecule has 5 nitrogen and oxygen atoms in total. The molecule has 0 spiro atoms. The van der Waals surface area contributed by atoms with E-state index < -0.39 is 5.97 Å². The van der Waals surface area contributed by atoms with E-state index in [9.17, 15) is 4.79 Å². The van der Waals surface area contributed by atoms with Gasteiger partial charge in [-0.05, 0) is 30.9 Å². The van der Waals surface area contributed by atoms with Crippen LogP contribution in [0, 0.1) is 0 Å². The van der Waals surface area contributed by atoms with E-state index >= 15 is 0 Å². The number of aromatic carboxylic acids is 1. The lowest BCUT2D eigenvalue weighted by molar-refractivity contribution is 0.0697. The van der Waals surface area contributed by atoms with Crippen molar-refractivity contribution in [1.82, 2.24) is 4.98 Å². The summed E-state index contributed by atoms with van der Waals surface area (Å²) in [5, 5.41) is 12.6. The highest BCUT2D eigenvalue weighted by Gasteiger charge is 2.09. The highest BCUT2D eigenvalue weighted by molar-refractivity contribution is 7.99. The lowest BCUT2D eigenvalue weighted by Crippen LogP contribution is -2.07. The average Bonchev–Trinajstić information content (AvgIpc) is 2.79. The fraction of sp³-hybridized carbons (Fsp3) is 0.385. The van der Waals surface area contributed by atoms with Crippen molar-refractivity contribution in [1.29, 1.82) is 0 Å². The zero-order chi connectivity index (χ0) is 13.8. The highest BCUT2D eigenvalue weighted by Crippen LogP contribution is 2.20. The molecule has 0 radical (unpaired) electrons. The van der Waals surface area contributed by atoms with Crippen molar-refractivity contribution in [2.24, 2.45) is 0 Å². The lowest BCUT2D eigenvalue weighted by Gasteiger charge is -2.06. The maximum absolute atomic E-state index is 10.9. The normalized spacial score (nSPS) is 12.5. The summed E-state index contributed by atoms with van der Waals surface area (Å²) in [6.07, 6.45) is 3.10. The Kier molecular flexibility index (Phi) is 4.31. The molecule has 0 aliphatic carbocycles. The number of nitrogens with one attached hydrogen (secondary N) is 1. The third kappa shape index (κ3) is 3.41. The van der Waals surface area contributed by atoms with Crippen LogP contribution in [0.4, 0.5) is 6.01 Å². The Morgan fingerprint density at radius 1 is 1.58 bits per heavy atom. The molecule has 0 bridgehead atoms. The standard InChI is InChI=1S/C13H16N2O3S/c1-8(19-2)5-6-14-13-15-10-4-3-9(12(16)17)7-11(10)18-13/h3-4,7-8H,5-6H2,1-2H3,(H,14,15)(H,16,17). The van der Waals surface area contributed by atoms with Gasteiger partial charge in [-0.1, -0.05) is 6.92 Å². The van der Waals surface area contributed by atoms with E-state index in [-0.39, 0.29) is 5.56 Å². The van der Waals surface area contributed by atoms with Crippen LogP contribution < -0.4 is 5.32 Å². The van der Waals surface area contributed by atoms with Gasteiger partial charge in [-0.3, -0.25) is 0 Å². The molecule has 0 saturated heterocycles. The van der Waals surface area contributed by atoms with E-state index in [4.69, 9.17) is 9.52 Å². The van der Waals surface area contributed by atoms with Crippen molar-refractivity contribution in [2.75, 3.05) is 18.1 Å². The summed E-state index contributed by atoms with van der Waals surface area (Å²) in [7, 11) is 0. The molecule has 2 rings (SSSR count). The van der Waals surface area contributed by atoms with Gasteiger partial charge < -0.3 is 14.8 Å². The average molecular weight is 280 g/mol. The summed E-state index contributed by atoms with van der Waals surface area (Å²) in [5.41, 5.74) is 1.34. The van der Waals surface area contributed by atoms with Crippen molar-refractivity contribution >= 4 is 34.8 Å². The summed E-state index contributed by atoms with van der Waals surface area (Å²) in [5.74, 6) is -0.971. The number of benzene rings is 1. The second kappa shape index (κ2) is 5.97. The highest BCUT2D eigenvalue weighted by atomic mass is 32.2. The SMILES string of the molecule is CSC(C)CCNc1nc2ccc(C(=O)O)cc2o1. The number of carboxylic acid groups (broad SMARTS) is 1. The second-order valence-electron chi connectivity index (χ2n) is 4.27. The summed E-state index contributed by atoms with van der Waals surface area (Å²) in [6.45, 7) is 2.94. The topological polar surface area (TPSA) is 75.4 Å². The molecule has 2 N–H and O–H groups in total. The Hall–Kier alpha value is -1.69. The van der Waals surface area contributed by atoms with Gasteiger partial charge in [0.2, 0.25) is 0 Å². The minimum atomic E-state index is -0.971. The van der Waals surface area contributed by atoms with Crippen molar-refractivity contribution in [3.63, 3.8) is 0 Å². The maximum atomic E-state index is 10.9. The molecule has 19 heavy (non-hydrogen) atoms. The fourth-order valence-electron chi connectivity index (χ4n) is 1.63. The van der Waals surface area contributed by atoms with Crippen LogP contribution in [0.1, 0.15) is 23.7 Å². The van der Waals surface area contributed by atoms with E-state index in [1.54, 1.807) is 6.07 Å². The molecular weight excluding hydrogens is 264 g/mol. The zero-order valence-corrected chi connectivity index (χ0v) is 11.7. The number of hydrogen-bond donors (Lipinski definition) is 2. The van der Waals surface area contributed by atoms with E-state index in [0.29, 0.717) is 22.4 Å². The summed E-state index contributed by atoms with van der Waals surface area (Å²) in [6, 6.07) is 5.09. The molecule has 0 fully saturated rings. The number of oxazole rings is 1. The molecular formula is C13H16N2O3S. The Morgan fingerprint density at radius 2 is 2.37 bits per heavy atom. The number of thioether (sulfide) groups is 1. The van der Waals surface area contributed by atoms with Gasteiger partial charge in [0.25, 0.3) is 6.01 Å². The third-order valence-electron chi connectivity index (χ3n) is 2.86. The van der Waals surface area contributed by atoms with Crippen molar-refractivity contribution < 1.29 is 14.3 Å². The van der Waals surface area contributed by atoms with Crippen molar-refractivity contribution in [3.05, 3.63) is 23.8 Å². The predicted octanol–water partition coefficient (Wildman–Crippen LogP) is 3.08. The molecule has 1 atom stereocenters. The van der Waals surface area contributed by atoms with Crippen LogP contribution >= 0.6 is 11.8 Å². The monoisotopic (exact) mass is 280 g/mol. The molecule has 1 unspecified atom stereocenters. The lowest BCUT2D eigenvalue weighted by atomic mass is 10.2. The van der Waals surface area contributed by atoms with Crippen LogP contribution in [0.15, 0.2) is 22.6 Å². The van der Waals surface area contributed by atoms with E-state index in [1.165, 1.54) is 12.1 Å². The first-order chi connectivity index (χ1) is 9.10. The van der Waals surface area contributed by atoms with Gasteiger partial charge in [0.05, 0.1) is 5.56 Å². The molecule has 0 amide bonds. The number of rotatable bonds is 6. The quantitative estimate of drug-likeness (QED) is 0.847. The fourth-order valence-corrected chi connectivity index (χ4v) is 1.99. The van der Waals surface area contributed by atoms with Crippen LogP contribution in [-0.4, -0.2) is 34.1 Å². The molecule has 0 saturated carbocycles. The maximum Gasteiger partial charge on any atom is 0.335 e. The molecule has 0 aliphatic rings. The molecule has 1 heterocycles. The number of nitrogens with zero attached hydrogens (tertiary/aromatic N) is 1. The van der Waals surface area contributed by atoms with Gasteiger partial charge in [0.15, 0.2) is 5.58 Å². The van der Waals surface area contributed by atoms with Gasteiger partial charge in [-0.25, -0.2) is 4.79 Å². The Labute approximate surface area is 115 Å². The number of fused-ring (bicyclic) bond motifs is 1. The smallest absolute Gasteiger partial charge is 0.335 e. The Morgan fingerprint density at radius 3 is 3.05 bits per heavy atom. The number of aromatic nitrogens is 1. The number of anilines is 1. The van der Waals surface area contributed by atoms with Gasteiger partial charge in [0.1, 0.15) is 5.52 Å². The van der Waals surface area contributed by atoms with Crippen molar-refractivity contribution in [2.45, 2.75) is 18.6 Å². The van der Waals surface area contributed by atoms with Crippen LogP contribution in [-0.2, 0) is 0 Å². The predicted molar refractivity (Wildman–Crippen MR) is 77.1 cm³/mol. The second-order valence-corrected chi connectivity index (χ2v) is 5.54. The molecule has 1 aromatic heterocycles. The zero-order valence-electron chi connectivity index (χ0n) is 10.8. The largest absolute Gasteiger partial charge is 0.478 e. The summed E-state index contributed by atoms with van der Waals surface area (Å²) < 4.78 is 5.48. The molecule has 2 aromatic rings. The molecule has 102 valence electrons. The number of hydrogen-bond acceptors (Lipinski definition) is 5. The minimum absolute atomic E-state index is 0.200. The van der Waals surface area contributed by atoms with Crippen LogP contribution in [0.5, 0.6) is 0 Å². The van der Waals surface area contributed by atoms with Crippen LogP contribution in [0.3, 0.4) is 0 Å². The van der Waals surface area contributed by atoms with Crippen molar-refractivity contribution in [3.8, 4) is 0 Å². The first kappa shape index (κ1) is 13.7.